The number of Topliss-reactive ketones (excluding diaryl/α,β-unsaturated/α-hetero) is 1. The fraction of sp³-hybridized carbons (Fsp3) is 0.643. The molecule has 0 N–H and O–H groups in total. The van der Waals surface area contributed by atoms with Crippen LogP contribution in [0.25, 0.3) is 0 Å². The van der Waals surface area contributed by atoms with Crippen LogP contribution in [-0.4, -0.2) is 5.78 Å². The summed E-state index contributed by atoms with van der Waals surface area (Å²) >= 11 is 0. The number of carbonyl (C=O) groups is 1. The number of rotatable bonds is 2. The van der Waals surface area contributed by atoms with E-state index in [0.29, 0.717) is 6.42 Å². The standard InChI is InChI=1S/C14H14N4O/c1-3-4-11-10(2)14(8-17,9-18)13(6-15,7-16)5-12(11)19/h10-11H,3-5H2,1-2H3/t10-,11-/m1/s1. The summed E-state index contributed by atoms with van der Waals surface area (Å²) < 4.78 is 0. The number of nitrogens with zero attached hydrogens (tertiary/aromatic N) is 4. The Morgan fingerprint density at radius 2 is 1.68 bits per heavy atom. The topological polar surface area (TPSA) is 112 Å². The van der Waals surface area contributed by atoms with Crippen molar-refractivity contribution in [2.45, 2.75) is 33.1 Å². The van der Waals surface area contributed by atoms with Crippen molar-refractivity contribution in [3.63, 3.8) is 0 Å². The Kier molecular flexibility index (Phi) is 3.94. The van der Waals surface area contributed by atoms with Gasteiger partial charge in [-0.2, -0.15) is 21.0 Å². The van der Waals surface area contributed by atoms with Gasteiger partial charge in [-0.25, -0.2) is 0 Å². The molecule has 1 aliphatic rings. The van der Waals surface area contributed by atoms with Gasteiger partial charge in [0.1, 0.15) is 5.78 Å². The third-order valence-corrected chi connectivity index (χ3v) is 4.15. The van der Waals surface area contributed by atoms with Gasteiger partial charge in [0.2, 0.25) is 0 Å². The van der Waals surface area contributed by atoms with Crippen molar-refractivity contribution in [1.29, 1.82) is 21.0 Å². The van der Waals surface area contributed by atoms with Gasteiger partial charge in [0.25, 0.3) is 0 Å². The first-order valence-electron chi connectivity index (χ1n) is 6.16. The molecule has 5 nitrogen and oxygen atoms in total. The molecule has 96 valence electrons. The zero-order valence-electron chi connectivity index (χ0n) is 11.0. The summed E-state index contributed by atoms with van der Waals surface area (Å²) in [5, 5.41) is 37.3. The second kappa shape index (κ2) is 5.09. The molecular formula is C14H14N4O. The summed E-state index contributed by atoms with van der Waals surface area (Å²) in [6, 6.07) is 7.23. The summed E-state index contributed by atoms with van der Waals surface area (Å²) in [5.74, 6) is -1.25. The van der Waals surface area contributed by atoms with Crippen LogP contribution in [0.3, 0.4) is 0 Å². The van der Waals surface area contributed by atoms with Gasteiger partial charge < -0.3 is 0 Å². The van der Waals surface area contributed by atoms with Crippen molar-refractivity contribution in [3.8, 4) is 24.3 Å². The van der Waals surface area contributed by atoms with Crippen molar-refractivity contribution in [2.75, 3.05) is 0 Å². The van der Waals surface area contributed by atoms with E-state index in [-0.39, 0.29) is 12.2 Å². The third kappa shape index (κ3) is 1.76. The lowest BCUT2D eigenvalue weighted by atomic mass is 9.50. The smallest absolute Gasteiger partial charge is 0.182 e. The van der Waals surface area contributed by atoms with E-state index in [0.717, 1.165) is 6.42 Å². The Hall–Kier alpha value is -2.37. The molecule has 0 aromatic rings. The molecule has 0 spiro atoms. The fourth-order valence-corrected chi connectivity index (χ4v) is 2.92. The summed E-state index contributed by atoms with van der Waals surface area (Å²) in [5.41, 5.74) is -3.61. The minimum absolute atomic E-state index is 0.196. The lowest BCUT2D eigenvalue weighted by molar-refractivity contribution is -0.132. The van der Waals surface area contributed by atoms with Crippen LogP contribution in [0.15, 0.2) is 0 Å². The van der Waals surface area contributed by atoms with Crippen LogP contribution in [0, 0.1) is 68.0 Å². The van der Waals surface area contributed by atoms with Crippen LogP contribution in [0.5, 0.6) is 0 Å². The van der Waals surface area contributed by atoms with Crippen LogP contribution in [0.4, 0.5) is 0 Å². The largest absolute Gasteiger partial charge is 0.299 e. The van der Waals surface area contributed by atoms with E-state index in [9.17, 15) is 25.8 Å². The maximum atomic E-state index is 12.1. The van der Waals surface area contributed by atoms with Crippen molar-refractivity contribution in [2.24, 2.45) is 22.7 Å². The van der Waals surface area contributed by atoms with Crippen molar-refractivity contribution < 1.29 is 4.79 Å². The van der Waals surface area contributed by atoms with Gasteiger partial charge in [-0.05, 0) is 6.42 Å². The van der Waals surface area contributed by atoms with Gasteiger partial charge in [-0.3, -0.25) is 4.79 Å². The molecular weight excluding hydrogens is 240 g/mol. The Morgan fingerprint density at radius 1 is 1.16 bits per heavy atom. The minimum Gasteiger partial charge on any atom is -0.299 e. The number of hydrogen-bond acceptors (Lipinski definition) is 5. The zero-order chi connectivity index (χ0) is 14.7. The molecule has 19 heavy (non-hydrogen) atoms. The Morgan fingerprint density at radius 3 is 2.05 bits per heavy atom. The molecule has 2 atom stereocenters. The summed E-state index contributed by atoms with van der Waals surface area (Å²) in [4.78, 5) is 12.1. The SMILES string of the molecule is CCC[C@H]1C(=O)CC(C#N)(C#N)C(C#N)(C#N)[C@@H]1C. The molecule has 0 unspecified atom stereocenters. The number of carbonyl (C=O) groups excluding carboxylic acids is 1. The molecule has 1 aliphatic carbocycles. The second-order valence-corrected chi connectivity index (χ2v) is 4.99. The maximum absolute atomic E-state index is 12.1. The first kappa shape index (κ1) is 14.7. The Bertz CT molecular complexity index is 524. The third-order valence-electron chi connectivity index (χ3n) is 4.15. The van der Waals surface area contributed by atoms with Gasteiger partial charge in [0, 0.05) is 18.3 Å². The molecule has 0 heterocycles. The normalized spacial score (nSPS) is 27.4. The van der Waals surface area contributed by atoms with Crippen LogP contribution in [-0.2, 0) is 4.79 Å². The second-order valence-electron chi connectivity index (χ2n) is 4.99. The molecule has 1 rings (SSSR count). The molecule has 0 amide bonds. The molecule has 0 saturated heterocycles. The van der Waals surface area contributed by atoms with Crippen LogP contribution >= 0.6 is 0 Å². The van der Waals surface area contributed by atoms with Gasteiger partial charge in [-0.1, -0.05) is 20.3 Å². The highest BCUT2D eigenvalue weighted by Gasteiger charge is 2.64. The van der Waals surface area contributed by atoms with Crippen molar-refractivity contribution >= 4 is 5.78 Å². The molecule has 0 bridgehead atoms. The van der Waals surface area contributed by atoms with Crippen LogP contribution in [0.1, 0.15) is 33.1 Å². The zero-order valence-corrected chi connectivity index (χ0v) is 11.0. The molecule has 0 aliphatic heterocycles. The van der Waals surface area contributed by atoms with Crippen molar-refractivity contribution in [1.82, 2.24) is 0 Å². The quantitative estimate of drug-likeness (QED) is 0.748. The first-order chi connectivity index (χ1) is 8.98. The van der Waals surface area contributed by atoms with Gasteiger partial charge in [-0.15, -0.1) is 0 Å². The van der Waals surface area contributed by atoms with E-state index in [4.69, 9.17) is 0 Å². The Labute approximate surface area is 112 Å². The molecule has 0 aromatic heterocycles. The first-order valence-corrected chi connectivity index (χ1v) is 6.16. The monoisotopic (exact) mass is 254 g/mol. The van der Waals surface area contributed by atoms with E-state index in [1.165, 1.54) is 0 Å². The van der Waals surface area contributed by atoms with Gasteiger partial charge in [0.15, 0.2) is 10.8 Å². The maximum Gasteiger partial charge on any atom is 0.182 e. The predicted molar refractivity (Wildman–Crippen MR) is 64.5 cm³/mol. The van der Waals surface area contributed by atoms with E-state index in [1.54, 1.807) is 19.1 Å². The highest BCUT2D eigenvalue weighted by Crippen LogP contribution is 2.54. The van der Waals surface area contributed by atoms with Crippen LogP contribution in [0.2, 0.25) is 0 Å². The van der Waals surface area contributed by atoms with Crippen LogP contribution < -0.4 is 0 Å². The Balaban J connectivity index is 3.49. The van der Waals surface area contributed by atoms with E-state index in [2.05, 4.69) is 0 Å². The van der Waals surface area contributed by atoms with E-state index >= 15 is 0 Å². The lowest BCUT2D eigenvalue weighted by Crippen LogP contribution is -2.53. The highest BCUT2D eigenvalue weighted by atomic mass is 16.1. The average molecular weight is 254 g/mol. The summed E-state index contributed by atoms with van der Waals surface area (Å²) in [6.07, 6.45) is 0.980. The lowest BCUT2D eigenvalue weighted by Gasteiger charge is -2.43. The minimum atomic E-state index is -1.86. The molecule has 0 radical (unpaired) electrons. The van der Waals surface area contributed by atoms with Gasteiger partial charge >= 0.3 is 0 Å². The fourth-order valence-electron chi connectivity index (χ4n) is 2.92. The molecule has 1 saturated carbocycles. The van der Waals surface area contributed by atoms with E-state index < -0.39 is 22.7 Å². The highest BCUT2D eigenvalue weighted by molar-refractivity contribution is 5.85. The van der Waals surface area contributed by atoms with Gasteiger partial charge in [0.05, 0.1) is 24.3 Å². The number of hydrogen-bond donors (Lipinski definition) is 0. The molecule has 1 fully saturated rings. The van der Waals surface area contributed by atoms with E-state index in [1.807, 2.05) is 19.1 Å². The predicted octanol–water partition coefficient (Wildman–Crippen LogP) is 2.08. The number of nitriles is 4. The summed E-state index contributed by atoms with van der Waals surface area (Å²) in [6.45, 7) is 3.53. The summed E-state index contributed by atoms with van der Waals surface area (Å²) in [7, 11) is 0. The van der Waals surface area contributed by atoms with Crippen molar-refractivity contribution in [3.05, 3.63) is 0 Å². The number of ketones is 1. The molecule has 5 heteroatoms. The molecule has 0 aromatic carbocycles. The average Bonchev–Trinajstić information content (AvgIpc) is 2.43.